The van der Waals surface area contributed by atoms with E-state index in [1.165, 1.54) is 38.6 Å². The molecule has 17 heavy (non-hydrogen) atoms. The van der Waals surface area contributed by atoms with Gasteiger partial charge >= 0.3 is 0 Å². The summed E-state index contributed by atoms with van der Waals surface area (Å²) in [6.45, 7) is 8.92. The largest absolute Gasteiger partial charge is 0.376 e. The first-order valence-electron chi connectivity index (χ1n) is 7.28. The molecule has 1 saturated heterocycles. The molecule has 0 aromatic heterocycles. The minimum absolute atomic E-state index is 0.419. The van der Waals surface area contributed by atoms with Gasteiger partial charge in [-0.1, -0.05) is 19.8 Å². The lowest BCUT2D eigenvalue weighted by Gasteiger charge is -2.38. The minimum Gasteiger partial charge on any atom is -0.376 e. The second-order valence-electron chi connectivity index (χ2n) is 5.22. The van der Waals surface area contributed by atoms with Crippen LogP contribution in [0.2, 0.25) is 0 Å². The Morgan fingerprint density at radius 3 is 2.71 bits per heavy atom. The van der Waals surface area contributed by atoms with Gasteiger partial charge < -0.3 is 10.1 Å². The van der Waals surface area contributed by atoms with Crippen molar-refractivity contribution < 1.29 is 4.74 Å². The fourth-order valence-electron chi connectivity index (χ4n) is 2.53. The molecule has 1 aliphatic rings. The Hall–Kier alpha value is -0.120. The summed E-state index contributed by atoms with van der Waals surface area (Å²) in [5, 5.41) is 3.20. The van der Waals surface area contributed by atoms with Gasteiger partial charge in [-0.25, -0.2) is 0 Å². The van der Waals surface area contributed by atoms with Gasteiger partial charge in [0.2, 0.25) is 0 Å². The van der Waals surface area contributed by atoms with Crippen LogP contribution in [0.4, 0.5) is 0 Å². The Kier molecular flexibility index (Phi) is 7.82. The Morgan fingerprint density at radius 2 is 2.00 bits per heavy atom. The topological polar surface area (TPSA) is 24.5 Å². The number of nitrogens with zero attached hydrogens (tertiary/aromatic N) is 1. The van der Waals surface area contributed by atoms with Crippen molar-refractivity contribution >= 4 is 0 Å². The maximum Gasteiger partial charge on any atom is 0.0674 e. The molecule has 1 heterocycles. The lowest BCUT2D eigenvalue weighted by molar-refractivity contribution is -0.0561. The van der Waals surface area contributed by atoms with E-state index in [2.05, 4.69) is 24.1 Å². The van der Waals surface area contributed by atoms with E-state index in [1.54, 1.807) is 0 Å². The van der Waals surface area contributed by atoms with Crippen molar-refractivity contribution in [2.75, 3.05) is 33.3 Å². The van der Waals surface area contributed by atoms with E-state index in [4.69, 9.17) is 4.74 Å². The zero-order valence-corrected chi connectivity index (χ0v) is 11.9. The molecule has 102 valence electrons. The molecule has 2 unspecified atom stereocenters. The fraction of sp³-hybridized carbons (Fsp3) is 1.00. The molecule has 1 N–H and O–H groups in total. The highest BCUT2D eigenvalue weighted by atomic mass is 16.5. The zero-order chi connectivity index (χ0) is 12.5. The van der Waals surface area contributed by atoms with Crippen LogP contribution in [0.1, 0.15) is 46.0 Å². The fourth-order valence-corrected chi connectivity index (χ4v) is 2.53. The number of nitrogens with one attached hydrogen (secondary N) is 1. The summed E-state index contributed by atoms with van der Waals surface area (Å²) in [6, 6.07) is 0.656. The standard InChI is InChI=1S/C14H30N2O/c1-4-14-12-17-13(2)11-16(14)10-8-6-5-7-9-15-3/h13-15H,4-12H2,1-3H3. The smallest absolute Gasteiger partial charge is 0.0674 e. The highest BCUT2D eigenvalue weighted by Crippen LogP contribution is 2.15. The molecule has 1 aliphatic heterocycles. The lowest BCUT2D eigenvalue weighted by Crippen LogP contribution is -2.48. The van der Waals surface area contributed by atoms with Crippen LogP contribution in [0.15, 0.2) is 0 Å². The van der Waals surface area contributed by atoms with Crippen LogP contribution in [0.5, 0.6) is 0 Å². The lowest BCUT2D eigenvalue weighted by atomic mass is 10.1. The molecular formula is C14H30N2O. The molecule has 0 bridgehead atoms. The SMILES string of the molecule is CCC1COC(C)CN1CCCCCCNC. The molecule has 0 aromatic carbocycles. The Balaban J connectivity index is 2.10. The maximum absolute atomic E-state index is 5.72. The van der Waals surface area contributed by atoms with Gasteiger partial charge in [0, 0.05) is 12.6 Å². The molecule has 0 spiro atoms. The second-order valence-corrected chi connectivity index (χ2v) is 5.22. The predicted molar refractivity (Wildman–Crippen MR) is 73.5 cm³/mol. The van der Waals surface area contributed by atoms with Gasteiger partial charge in [-0.3, -0.25) is 4.90 Å². The number of unbranched alkanes of at least 4 members (excludes halogenated alkanes) is 3. The van der Waals surface area contributed by atoms with Crippen molar-refractivity contribution in [3.05, 3.63) is 0 Å². The summed E-state index contributed by atoms with van der Waals surface area (Å²) in [6.07, 6.45) is 7.01. The summed E-state index contributed by atoms with van der Waals surface area (Å²) in [7, 11) is 2.03. The minimum atomic E-state index is 0.419. The molecule has 0 aliphatic carbocycles. The Morgan fingerprint density at radius 1 is 1.24 bits per heavy atom. The van der Waals surface area contributed by atoms with E-state index >= 15 is 0 Å². The van der Waals surface area contributed by atoms with Crippen molar-refractivity contribution in [3.63, 3.8) is 0 Å². The molecule has 0 aromatic rings. The second kappa shape index (κ2) is 8.90. The van der Waals surface area contributed by atoms with E-state index in [1.807, 2.05) is 7.05 Å². The Bertz CT molecular complexity index is 187. The van der Waals surface area contributed by atoms with Crippen LogP contribution in [-0.4, -0.2) is 50.3 Å². The summed E-state index contributed by atoms with van der Waals surface area (Å²) in [5.41, 5.74) is 0. The first-order valence-corrected chi connectivity index (χ1v) is 7.28. The highest BCUT2D eigenvalue weighted by Gasteiger charge is 2.24. The van der Waals surface area contributed by atoms with E-state index in [9.17, 15) is 0 Å². The average Bonchev–Trinajstić information content (AvgIpc) is 2.34. The number of hydrogen-bond acceptors (Lipinski definition) is 3. The van der Waals surface area contributed by atoms with Crippen molar-refractivity contribution in [1.29, 1.82) is 0 Å². The number of ether oxygens (including phenoxy) is 1. The molecule has 1 fully saturated rings. The summed E-state index contributed by atoms with van der Waals surface area (Å²) in [5.74, 6) is 0. The Labute approximate surface area is 107 Å². The van der Waals surface area contributed by atoms with Crippen molar-refractivity contribution in [3.8, 4) is 0 Å². The normalized spacial score (nSPS) is 26.3. The summed E-state index contributed by atoms with van der Waals surface area (Å²) < 4.78 is 5.72. The third kappa shape index (κ3) is 5.84. The number of rotatable bonds is 8. The molecular weight excluding hydrogens is 212 g/mol. The zero-order valence-electron chi connectivity index (χ0n) is 11.9. The average molecular weight is 242 g/mol. The number of hydrogen-bond donors (Lipinski definition) is 1. The van der Waals surface area contributed by atoms with E-state index < -0.39 is 0 Å². The van der Waals surface area contributed by atoms with Crippen molar-refractivity contribution in [2.24, 2.45) is 0 Å². The van der Waals surface area contributed by atoms with E-state index in [0.29, 0.717) is 12.1 Å². The number of morpholine rings is 1. The third-order valence-electron chi connectivity index (χ3n) is 3.67. The van der Waals surface area contributed by atoms with E-state index in [-0.39, 0.29) is 0 Å². The first-order chi connectivity index (χ1) is 8.27. The van der Waals surface area contributed by atoms with Gasteiger partial charge in [-0.05, 0) is 46.3 Å². The molecule has 2 atom stereocenters. The summed E-state index contributed by atoms with van der Waals surface area (Å²) >= 11 is 0. The molecule has 0 saturated carbocycles. The van der Waals surface area contributed by atoms with E-state index in [0.717, 1.165) is 19.7 Å². The highest BCUT2D eigenvalue weighted by molar-refractivity contribution is 4.77. The molecule has 0 amide bonds. The van der Waals surface area contributed by atoms with Gasteiger partial charge in [0.05, 0.1) is 12.7 Å². The molecule has 0 radical (unpaired) electrons. The molecule has 3 heteroatoms. The van der Waals surface area contributed by atoms with Crippen LogP contribution < -0.4 is 5.32 Å². The third-order valence-corrected chi connectivity index (χ3v) is 3.67. The quantitative estimate of drug-likeness (QED) is 0.661. The van der Waals surface area contributed by atoms with Gasteiger partial charge in [0.15, 0.2) is 0 Å². The van der Waals surface area contributed by atoms with Gasteiger partial charge in [0.25, 0.3) is 0 Å². The predicted octanol–water partition coefficient (Wildman–Crippen LogP) is 2.27. The van der Waals surface area contributed by atoms with Gasteiger partial charge in [-0.15, -0.1) is 0 Å². The summed E-state index contributed by atoms with van der Waals surface area (Å²) in [4.78, 5) is 2.63. The molecule has 1 rings (SSSR count). The monoisotopic (exact) mass is 242 g/mol. The van der Waals surface area contributed by atoms with Crippen LogP contribution in [-0.2, 0) is 4.74 Å². The maximum atomic E-state index is 5.72. The van der Waals surface area contributed by atoms with Gasteiger partial charge in [-0.2, -0.15) is 0 Å². The van der Waals surface area contributed by atoms with Crippen LogP contribution in [0, 0.1) is 0 Å². The van der Waals surface area contributed by atoms with Crippen molar-refractivity contribution in [2.45, 2.75) is 58.1 Å². The van der Waals surface area contributed by atoms with Crippen molar-refractivity contribution in [1.82, 2.24) is 10.2 Å². The first kappa shape index (κ1) is 14.9. The van der Waals surface area contributed by atoms with Crippen LogP contribution in [0.3, 0.4) is 0 Å². The molecule has 3 nitrogen and oxygen atoms in total. The van der Waals surface area contributed by atoms with Crippen LogP contribution >= 0.6 is 0 Å². The van der Waals surface area contributed by atoms with Crippen LogP contribution in [0.25, 0.3) is 0 Å². The van der Waals surface area contributed by atoms with Gasteiger partial charge in [0.1, 0.15) is 0 Å².